The molecule has 4 nitrogen and oxygen atoms in total. The number of nitrogens with zero attached hydrogens (tertiary/aromatic N) is 3. The van der Waals surface area contributed by atoms with Crippen molar-refractivity contribution in [2.45, 2.75) is 37.8 Å². The van der Waals surface area contributed by atoms with Gasteiger partial charge in [-0.25, -0.2) is 0 Å². The van der Waals surface area contributed by atoms with E-state index in [0.717, 1.165) is 5.56 Å². The number of hydrogen-bond donors (Lipinski definition) is 1. The molecule has 3 heterocycles. The van der Waals surface area contributed by atoms with Crippen LogP contribution in [0.2, 0.25) is 0 Å². The summed E-state index contributed by atoms with van der Waals surface area (Å²) < 4.78 is 0. The first-order valence-electron chi connectivity index (χ1n) is 7.21. The molecule has 4 rings (SSSR count). The monoisotopic (exact) mass is 286 g/mol. The second kappa shape index (κ2) is 4.45. The fraction of sp³-hybridized carbons (Fsp3) is 0.467. The van der Waals surface area contributed by atoms with Crippen LogP contribution >= 0.6 is 11.3 Å². The fourth-order valence-corrected chi connectivity index (χ4v) is 4.39. The van der Waals surface area contributed by atoms with E-state index in [2.05, 4.69) is 34.4 Å². The predicted molar refractivity (Wildman–Crippen MR) is 83.7 cm³/mol. The van der Waals surface area contributed by atoms with Gasteiger partial charge in [0.2, 0.25) is 0 Å². The summed E-state index contributed by atoms with van der Waals surface area (Å²) in [7, 11) is 2.20. The second-order valence-electron chi connectivity index (χ2n) is 5.71. The van der Waals surface area contributed by atoms with E-state index in [-0.39, 0.29) is 5.66 Å². The maximum absolute atomic E-state index is 4.93. The third-order valence-electron chi connectivity index (χ3n) is 4.59. The average Bonchev–Trinajstić information content (AvgIpc) is 3.13. The van der Waals surface area contributed by atoms with Crippen LogP contribution in [0, 0.1) is 0 Å². The zero-order valence-electron chi connectivity index (χ0n) is 11.6. The van der Waals surface area contributed by atoms with Crippen LogP contribution in [-0.4, -0.2) is 29.1 Å². The minimum Gasteiger partial charge on any atom is -0.349 e. The van der Waals surface area contributed by atoms with Gasteiger partial charge < -0.3 is 4.90 Å². The molecular formula is C15H18N4S. The highest BCUT2D eigenvalue weighted by atomic mass is 32.1. The Labute approximate surface area is 122 Å². The Balaban J connectivity index is 1.74. The molecular weight excluding hydrogens is 268 g/mol. The Morgan fingerprint density at radius 3 is 2.90 bits per heavy atom. The van der Waals surface area contributed by atoms with Crippen molar-refractivity contribution in [1.82, 2.24) is 10.2 Å². The summed E-state index contributed by atoms with van der Waals surface area (Å²) in [6.45, 7) is 0. The van der Waals surface area contributed by atoms with Crippen LogP contribution in [0.25, 0.3) is 10.4 Å². The van der Waals surface area contributed by atoms with Gasteiger partial charge in [0.05, 0.1) is 16.8 Å². The van der Waals surface area contributed by atoms with Crippen molar-refractivity contribution in [2.75, 3.05) is 11.9 Å². The molecule has 0 radical (unpaired) electrons. The van der Waals surface area contributed by atoms with Gasteiger partial charge in [0.1, 0.15) is 5.66 Å². The first kappa shape index (κ1) is 12.1. The van der Waals surface area contributed by atoms with Gasteiger partial charge in [-0.15, -0.1) is 11.3 Å². The van der Waals surface area contributed by atoms with Gasteiger partial charge in [-0.1, -0.05) is 6.42 Å². The first-order chi connectivity index (χ1) is 9.78. The molecule has 2 aromatic heterocycles. The molecule has 104 valence electrons. The van der Waals surface area contributed by atoms with Gasteiger partial charge in [-0.05, 0) is 31.7 Å². The lowest BCUT2D eigenvalue weighted by molar-refractivity contribution is 0.295. The Bertz CT molecular complexity index is 635. The minimum atomic E-state index is 0.0139. The third-order valence-corrected chi connectivity index (χ3v) is 5.69. The van der Waals surface area contributed by atoms with Crippen molar-refractivity contribution in [1.29, 1.82) is 0 Å². The number of aromatic nitrogens is 2. The zero-order valence-corrected chi connectivity index (χ0v) is 12.4. The number of aliphatic imine (C=N–C) groups is 1. The normalized spacial score (nSPS) is 20.4. The van der Waals surface area contributed by atoms with E-state index in [4.69, 9.17) is 4.99 Å². The Morgan fingerprint density at radius 1 is 1.30 bits per heavy atom. The lowest BCUT2D eigenvalue weighted by atomic mass is 9.87. The summed E-state index contributed by atoms with van der Waals surface area (Å²) in [5.41, 5.74) is 2.49. The fourth-order valence-electron chi connectivity index (χ4n) is 3.35. The lowest BCUT2D eigenvalue weighted by Gasteiger charge is -2.44. The van der Waals surface area contributed by atoms with Gasteiger partial charge in [0.25, 0.3) is 0 Å². The molecule has 1 aliphatic carbocycles. The van der Waals surface area contributed by atoms with Gasteiger partial charge in [0.15, 0.2) is 0 Å². The van der Waals surface area contributed by atoms with Gasteiger partial charge in [-0.2, -0.15) is 5.10 Å². The molecule has 0 atom stereocenters. The number of H-pyrrole nitrogens is 1. The Morgan fingerprint density at radius 2 is 2.15 bits per heavy atom. The summed E-state index contributed by atoms with van der Waals surface area (Å²) in [4.78, 5) is 9.85. The maximum Gasteiger partial charge on any atom is 0.131 e. The molecule has 2 aliphatic rings. The van der Waals surface area contributed by atoms with E-state index < -0.39 is 0 Å². The van der Waals surface area contributed by atoms with E-state index in [1.165, 1.54) is 47.5 Å². The van der Waals surface area contributed by atoms with Crippen LogP contribution in [0.1, 0.15) is 37.0 Å². The number of nitrogens with one attached hydrogen (secondary N) is 1. The molecule has 0 saturated heterocycles. The number of thiophene rings is 1. The quantitative estimate of drug-likeness (QED) is 0.869. The minimum absolute atomic E-state index is 0.0139. The van der Waals surface area contributed by atoms with Crippen LogP contribution in [0.5, 0.6) is 0 Å². The molecule has 0 bridgehead atoms. The second-order valence-corrected chi connectivity index (χ2v) is 6.79. The van der Waals surface area contributed by atoms with Crippen molar-refractivity contribution < 1.29 is 0 Å². The van der Waals surface area contributed by atoms with Crippen molar-refractivity contribution >= 4 is 23.2 Å². The smallest absolute Gasteiger partial charge is 0.131 e. The van der Waals surface area contributed by atoms with E-state index in [1.54, 1.807) is 11.3 Å². The highest BCUT2D eigenvalue weighted by Crippen LogP contribution is 2.44. The zero-order chi connectivity index (χ0) is 13.6. The molecule has 20 heavy (non-hydrogen) atoms. The summed E-state index contributed by atoms with van der Waals surface area (Å²) in [6, 6.07) is 2.28. The van der Waals surface area contributed by atoms with Gasteiger partial charge in [0, 0.05) is 29.9 Å². The molecule has 1 saturated carbocycles. The number of aromatic amines is 1. The topological polar surface area (TPSA) is 44.3 Å². The third kappa shape index (κ3) is 1.73. The van der Waals surface area contributed by atoms with Crippen molar-refractivity contribution in [3.8, 4) is 10.4 Å². The summed E-state index contributed by atoms with van der Waals surface area (Å²) >= 11 is 1.79. The molecule has 2 aromatic rings. The molecule has 0 amide bonds. The Kier molecular flexibility index (Phi) is 2.70. The number of anilines is 1. The van der Waals surface area contributed by atoms with E-state index >= 15 is 0 Å². The highest BCUT2D eigenvalue weighted by Gasteiger charge is 2.38. The molecule has 1 fully saturated rings. The first-order valence-corrected chi connectivity index (χ1v) is 8.02. The highest BCUT2D eigenvalue weighted by molar-refractivity contribution is 7.17. The summed E-state index contributed by atoms with van der Waals surface area (Å²) in [6.07, 6.45) is 12.2. The van der Waals surface area contributed by atoms with Gasteiger partial charge in [-0.3, -0.25) is 10.1 Å². The predicted octanol–water partition coefficient (Wildman–Crippen LogP) is 3.67. The van der Waals surface area contributed by atoms with E-state index in [9.17, 15) is 0 Å². The Hall–Kier alpha value is -1.62. The van der Waals surface area contributed by atoms with Crippen LogP contribution in [0.4, 0.5) is 5.69 Å². The lowest BCUT2D eigenvalue weighted by Crippen LogP contribution is -2.48. The van der Waals surface area contributed by atoms with Crippen molar-refractivity contribution in [3.05, 3.63) is 23.3 Å². The molecule has 0 unspecified atom stereocenters. The van der Waals surface area contributed by atoms with Crippen LogP contribution in [0.15, 0.2) is 23.5 Å². The number of fused-ring (bicyclic) bond motifs is 1. The van der Waals surface area contributed by atoms with Crippen LogP contribution in [-0.2, 0) is 0 Å². The van der Waals surface area contributed by atoms with Crippen molar-refractivity contribution in [3.63, 3.8) is 0 Å². The largest absolute Gasteiger partial charge is 0.349 e. The standard InChI is InChI=1S/C15H18N4S/c1-19-12-7-13(11-8-17-18-9-11)20-14(12)10-16-15(19)5-3-2-4-6-15/h7-10H,2-6H2,1H3,(H,17,18). The van der Waals surface area contributed by atoms with Crippen LogP contribution < -0.4 is 4.90 Å². The van der Waals surface area contributed by atoms with E-state index in [0.29, 0.717) is 0 Å². The SMILES string of the molecule is CN1c2cc(-c3cn[nH]c3)sc2C=NC12CCCCC2. The number of rotatable bonds is 1. The average molecular weight is 286 g/mol. The van der Waals surface area contributed by atoms with Crippen molar-refractivity contribution in [2.24, 2.45) is 4.99 Å². The van der Waals surface area contributed by atoms with Gasteiger partial charge >= 0.3 is 0 Å². The molecule has 1 aliphatic heterocycles. The molecule has 5 heteroatoms. The molecule has 0 aromatic carbocycles. The molecule has 1 spiro atoms. The van der Waals surface area contributed by atoms with E-state index in [1.807, 2.05) is 12.4 Å². The van der Waals surface area contributed by atoms with Crippen LogP contribution in [0.3, 0.4) is 0 Å². The summed E-state index contributed by atoms with van der Waals surface area (Å²) in [5, 5.41) is 6.93. The summed E-state index contributed by atoms with van der Waals surface area (Å²) in [5.74, 6) is 0. The molecule has 1 N–H and O–H groups in total. The maximum atomic E-state index is 4.93. The number of hydrogen-bond acceptors (Lipinski definition) is 4.